The molecule has 1 unspecified atom stereocenters. The van der Waals surface area contributed by atoms with E-state index >= 15 is 0 Å². The summed E-state index contributed by atoms with van der Waals surface area (Å²) in [6, 6.07) is 0.558. The van der Waals surface area contributed by atoms with Crippen LogP contribution < -0.4 is 11.1 Å². The van der Waals surface area contributed by atoms with Crippen LogP contribution in [0.4, 0.5) is 0 Å². The number of nitrogens with one attached hydrogen (secondary N) is 1. The van der Waals surface area contributed by atoms with Gasteiger partial charge in [0.1, 0.15) is 0 Å². The van der Waals surface area contributed by atoms with E-state index in [0.717, 1.165) is 26.2 Å². The van der Waals surface area contributed by atoms with Crippen LogP contribution in [0, 0.1) is 5.92 Å². The Bertz CT molecular complexity index is 243. The van der Waals surface area contributed by atoms with Crippen LogP contribution in [0.1, 0.15) is 44.9 Å². The normalized spacial score (nSPS) is 27.3. The van der Waals surface area contributed by atoms with E-state index < -0.39 is 0 Å². The SMILES string of the molecule is NC(=NCCC1CCOC1)NC1CCCCC1. The highest BCUT2D eigenvalue weighted by Crippen LogP contribution is 2.17. The number of ether oxygens (including phenoxy) is 1. The number of hydrogen-bond donors (Lipinski definition) is 2. The van der Waals surface area contributed by atoms with Gasteiger partial charge in [-0.3, -0.25) is 4.99 Å². The summed E-state index contributed by atoms with van der Waals surface area (Å²) >= 11 is 0. The van der Waals surface area contributed by atoms with E-state index in [9.17, 15) is 0 Å². The second kappa shape index (κ2) is 6.84. The van der Waals surface area contributed by atoms with Crippen LogP contribution in [0.5, 0.6) is 0 Å². The van der Waals surface area contributed by atoms with E-state index in [-0.39, 0.29) is 0 Å². The number of guanidine groups is 1. The lowest BCUT2D eigenvalue weighted by molar-refractivity contribution is 0.184. The van der Waals surface area contributed by atoms with Crippen molar-refractivity contribution in [2.75, 3.05) is 19.8 Å². The lowest BCUT2D eigenvalue weighted by Gasteiger charge is -2.23. The van der Waals surface area contributed by atoms with E-state index in [0.29, 0.717) is 17.9 Å². The molecular formula is C13H25N3O. The van der Waals surface area contributed by atoms with Crippen molar-refractivity contribution in [2.45, 2.75) is 51.0 Å². The number of rotatable bonds is 4. The molecule has 2 rings (SSSR count). The Morgan fingerprint density at radius 1 is 1.24 bits per heavy atom. The van der Waals surface area contributed by atoms with Crippen molar-refractivity contribution in [1.29, 1.82) is 0 Å². The van der Waals surface area contributed by atoms with Crippen molar-refractivity contribution in [3.8, 4) is 0 Å². The van der Waals surface area contributed by atoms with E-state index in [1.54, 1.807) is 0 Å². The molecule has 0 aromatic rings. The number of hydrogen-bond acceptors (Lipinski definition) is 2. The average Bonchev–Trinajstić information content (AvgIpc) is 2.83. The van der Waals surface area contributed by atoms with Crippen molar-refractivity contribution in [3.63, 3.8) is 0 Å². The van der Waals surface area contributed by atoms with Gasteiger partial charge >= 0.3 is 0 Å². The zero-order chi connectivity index (χ0) is 11.9. The molecule has 4 heteroatoms. The molecule has 3 N–H and O–H groups in total. The van der Waals surface area contributed by atoms with Gasteiger partial charge in [-0.15, -0.1) is 0 Å². The fourth-order valence-electron chi connectivity index (χ4n) is 2.68. The summed E-state index contributed by atoms with van der Waals surface area (Å²) in [6.07, 6.45) is 8.80. The van der Waals surface area contributed by atoms with Crippen LogP contribution in [-0.2, 0) is 4.74 Å². The van der Waals surface area contributed by atoms with Gasteiger partial charge in [0.25, 0.3) is 0 Å². The van der Waals surface area contributed by atoms with Gasteiger partial charge in [-0.25, -0.2) is 0 Å². The highest BCUT2D eigenvalue weighted by Gasteiger charge is 2.15. The summed E-state index contributed by atoms with van der Waals surface area (Å²) < 4.78 is 5.34. The van der Waals surface area contributed by atoms with Gasteiger partial charge in [0.2, 0.25) is 0 Å². The van der Waals surface area contributed by atoms with Crippen molar-refractivity contribution in [3.05, 3.63) is 0 Å². The zero-order valence-corrected chi connectivity index (χ0v) is 10.7. The molecule has 1 atom stereocenters. The highest BCUT2D eigenvalue weighted by atomic mass is 16.5. The van der Waals surface area contributed by atoms with Crippen molar-refractivity contribution < 1.29 is 4.74 Å². The van der Waals surface area contributed by atoms with Gasteiger partial charge in [0, 0.05) is 25.8 Å². The molecule has 98 valence electrons. The van der Waals surface area contributed by atoms with Crippen LogP contribution in [0.15, 0.2) is 4.99 Å². The fraction of sp³-hybridized carbons (Fsp3) is 0.923. The Morgan fingerprint density at radius 2 is 2.06 bits per heavy atom. The zero-order valence-electron chi connectivity index (χ0n) is 10.7. The number of nitrogens with two attached hydrogens (primary N) is 1. The first-order chi connectivity index (χ1) is 8.34. The lowest BCUT2D eigenvalue weighted by Crippen LogP contribution is -2.41. The Balaban J connectivity index is 1.61. The van der Waals surface area contributed by atoms with Crippen molar-refractivity contribution in [1.82, 2.24) is 5.32 Å². The molecule has 1 saturated heterocycles. The van der Waals surface area contributed by atoms with Gasteiger partial charge in [-0.2, -0.15) is 0 Å². The molecule has 0 amide bonds. The molecule has 0 aromatic heterocycles. The largest absolute Gasteiger partial charge is 0.381 e. The molecule has 2 fully saturated rings. The molecule has 1 aliphatic heterocycles. The second-order valence-corrected chi connectivity index (χ2v) is 5.26. The maximum Gasteiger partial charge on any atom is 0.188 e. The fourth-order valence-corrected chi connectivity index (χ4v) is 2.68. The van der Waals surface area contributed by atoms with E-state index in [1.165, 1.54) is 38.5 Å². The molecule has 1 saturated carbocycles. The minimum Gasteiger partial charge on any atom is -0.381 e. The molecule has 2 aliphatic rings. The van der Waals surface area contributed by atoms with Crippen molar-refractivity contribution in [2.24, 2.45) is 16.6 Å². The van der Waals surface area contributed by atoms with E-state index in [4.69, 9.17) is 10.5 Å². The first kappa shape index (κ1) is 12.7. The third kappa shape index (κ3) is 4.54. The predicted molar refractivity (Wildman–Crippen MR) is 70.0 cm³/mol. The Labute approximate surface area is 104 Å². The summed E-state index contributed by atoms with van der Waals surface area (Å²) in [5, 5.41) is 3.34. The summed E-state index contributed by atoms with van der Waals surface area (Å²) in [6.45, 7) is 2.66. The Hall–Kier alpha value is -0.770. The summed E-state index contributed by atoms with van der Waals surface area (Å²) in [7, 11) is 0. The van der Waals surface area contributed by atoms with E-state index in [2.05, 4.69) is 10.3 Å². The number of aliphatic imine (C=N–C) groups is 1. The smallest absolute Gasteiger partial charge is 0.188 e. The minimum atomic E-state index is 0.558. The molecule has 0 aromatic carbocycles. The third-order valence-corrected chi connectivity index (χ3v) is 3.80. The summed E-state index contributed by atoms with van der Waals surface area (Å²) in [5.74, 6) is 1.33. The van der Waals surface area contributed by atoms with Crippen LogP contribution in [0.3, 0.4) is 0 Å². The molecule has 4 nitrogen and oxygen atoms in total. The first-order valence-electron chi connectivity index (χ1n) is 6.99. The molecule has 0 bridgehead atoms. The Kier molecular flexibility index (Phi) is 5.10. The van der Waals surface area contributed by atoms with Gasteiger partial charge in [0.15, 0.2) is 5.96 Å². The maximum absolute atomic E-state index is 5.90. The summed E-state index contributed by atoms with van der Waals surface area (Å²) in [5.41, 5.74) is 5.90. The van der Waals surface area contributed by atoms with Crippen LogP contribution in [0.25, 0.3) is 0 Å². The average molecular weight is 239 g/mol. The monoisotopic (exact) mass is 239 g/mol. The van der Waals surface area contributed by atoms with Crippen LogP contribution in [-0.4, -0.2) is 31.8 Å². The van der Waals surface area contributed by atoms with Gasteiger partial charge in [0.05, 0.1) is 0 Å². The van der Waals surface area contributed by atoms with Gasteiger partial charge in [-0.05, 0) is 31.6 Å². The van der Waals surface area contributed by atoms with Gasteiger partial charge < -0.3 is 15.8 Å². The predicted octanol–water partition coefficient (Wildman–Crippen LogP) is 1.65. The lowest BCUT2D eigenvalue weighted by atomic mass is 9.96. The van der Waals surface area contributed by atoms with Crippen LogP contribution >= 0.6 is 0 Å². The molecule has 1 heterocycles. The Morgan fingerprint density at radius 3 is 2.76 bits per heavy atom. The quantitative estimate of drug-likeness (QED) is 0.579. The first-order valence-corrected chi connectivity index (χ1v) is 6.99. The standard InChI is InChI=1S/C13H25N3O/c14-13(16-12-4-2-1-3-5-12)15-8-6-11-7-9-17-10-11/h11-12H,1-10H2,(H3,14,15,16). The van der Waals surface area contributed by atoms with E-state index in [1.807, 2.05) is 0 Å². The minimum absolute atomic E-state index is 0.558. The van der Waals surface area contributed by atoms with Crippen molar-refractivity contribution >= 4 is 5.96 Å². The molecule has 17 heavy (non-hydrogen) atoms. The molecule has 1 aliphatic carbocycles. The molecule has 0 spiro atoms. The summed E-state index contributed by atoms with van der Waals surface area (Å²) in [4.78, 5) is 4.41. The second-order valence-electron chi connectivity index (χ2n) is 5.26. The molecule has 0 radical (unpaired) electrons. The third-order valence-electron chi connectivity index (χ3n) is 3.80. The molecular weight excluding hydrogens is 214 g/mol. The topological polar surface area (TPSA) is 59.6 Å². The highest BCUT2D eigenvalue weighted by molar-refractivity contribution is 5.78. The number of nitrogens with zero attached hydrogens (tertiary/aromatic N) is 1. The van der Waals surface area contributed by atoms with Crippen LogP contribution in [0.2, 0.25) is 0 Å². The van der Waals surface area contributed by atoms with Gasteiger partial charge in [-0.1, -0.05) is 19.3 Å². The maximum atomic E-state index is 5.90.